The number of hydrogen-bond donors (Lipinski definition) is 2. The summed E-state index contributed by atoms with van der Waals surface area (Å²) in [5.74, 6) is -1.12. The van der Waals surface area contributed by atoms with E-state index < -0.39 is 12.0 Å². The van der Waals surface area contributed by atoms with E-state index in [2.05, 4.69) is 5.32 Å². The van der Waals surface area contributed by atoms with Crippen molar-refractivity contribution in [1.82, 2.24) is 4.90 Å². The van der Waals surface area contributed by atoms with Crippen LogP contribution >= 0.6 is 11.3 Å². The van der Waals surface area contributed by atoms with Crippen molar-refractivity contribution >= 4 is 28.3 Å². The van der Waals surface area contributed by atoms with Gasteiger partial charge in [-0.15, -0.1) is 11.3 Å². The molecule has 0 spiro atoms. The van der Waals surface area contributed by atoms with Crippen molar-refractivity contribution in [2.45, 2.75) is 12.8 Å². The zero-order chi connectivity index (χ0) is 15.0. The summed E-state index contributed by atoms with van der Waals surface area (Å²) in [6.07, 6.45) is 0.296. The number of nitrogens with zero attached hydrogens (tertiary/aromatic N) is 3. The van der Waals surface area contributed by atoms with E-state index in [1.165, 1.54) is 11.0 Å². The first-order chi connectivity index (χ1) is 9.60. The second-order valence-electron chi connectivity index (χ2n) is 3.70. The minimum absolute atomic E-state index is 0.0175. The van der Waals surface area contributed by atoms with E-state index in [0.29, 0.717) is 0 Å². The molecule has 0 saturated carbocycles. The Morgan fingerprint density at radius 2 is 1.90 bits per heavy atom. The van der Waals surface area contributed by atoms with Gasteiger partial charge in [0.1, 0.15) is 5.00 Å². The standard InChI is InChI=1S/C12H12N4O3S/c13-4-1-6-16(7-2-5-14)12(19)15-10-9(11(17)18)3-8-20-10/h3,8H,1-2,6-7H2,(H,15,19)(H,17,18). The van der Waals surface area contributed by atoms with Gasteiger partial charge in [0.25, 0.3) is 0 Å². The third kappa shape index (κ3) is 4.26. The molecule has 2 amide bonds. The van der Waals surface area contributed by atoms with E-state index in [-0.39, 0.29) is 36.5 Å². The van der Waals surface area contributed by atoms with Gasteiger partial charge in [-0.05, 0) is 11.4 Å². The van der Waals surface area contributed by atoms with Crippen LogP contribution in [-0.2, 0) is 0 Å². The average Bonchev–Trinajstić information content (AvgIpc) is 2.87. The molecule has 0 atom stereocenters. The molecule has 2 N–H and O–H groups in total. The summed E-state index contributed by atoms with van der Waals surface area (Å²) in [5, 5.41) is 30.3. The number of carboxylic acid groups (broad SMARTS) is 1. The topological polar surface area (TPSA) is 117 Å². The molecular formula is C12H12N4O3S. The molecule has 0 aliphatic rings. The summed E-state index contributed by atoms with van der Waals surface area (Å²) in [6.45, 7) is 0.385. The second kappa shape index (κ2) is 7.77. The van der Waals surface area contributed by atoms with Crippen LogP contribution in [0.4, 0.5) is 9.80 Å². The predicted molar refractivity (Wildman–Crippen MR) is 72.3 cm³/mol. The number of hydrogen-bond acceptors (Lipinski definition) is 5. The van der Waals surface area contributed by atoms with E-state index in [0.717, 1.165) is 11.3 Å². The Labute approximate surface area is 119 Å². The van der Waals surface area contributed by atoms with Gasteiger partial charge in [0, 0.05) is 13.1 Å². The highest BCUT2D eigenvalue weighted by Gasteiger charge is 2.17. The predicted octanol–water partition coefficient (Wildman–Crippen LogP) is 2.11. The Balaban J connectivity index is 2.74. The van der Waals surface area contributed by atoms with E-state index in [9.17, 15) is 9.59 Å². The second-order valence-corrected chi connectivity index (χ2v) is 4.62. The number of rotatable bonds is 6. The first kappa shape index (κ1) is 15.5. The number of carboxylic acids is 1. The van der Waals surface area contributed by atoms with Gasteiger partial charge in [-0.3, -0.25) is 5.32 Å². The fourth-order valence-corrected chi connectivity index (χ4v) is 2.20. The monoisotopic (exact) mass is 292 g/mol. The first-order valence-corrected chi connectivity index (χ1v) is 6.58. The molecule has 104 valence electrons. The highest BCUT2D eigenvalue weighted by Crippen LogP contribution is 2.23. The molecule has 1 aromatic rings. The summed E-state index contributed by atoms with van der Waals surface area (Å²) in [7, 11) is 0. The zero-order valence-electron chi connectivity index (χ0n) is 10.5. The Morgan fingerprint density at radius 3 is 2.40 bits per heavy atom. The molecule has 0 aliphatic heterocycles. The highest BCUT2D eigenvalue weighted by molar-refractivity contribution is 7.14. The third-order valence-corrected chi connectivity index (χ3v) is 3.22. The van der Waals surface area contributed by atoms with Gasteiger partial charge in [0.2, 0.25) is 0 Å². The van der Waals surface area contributed by atoms with Gasteiger partial charge in [0.05, 0.1) is 30.5 Å². The summed E-state index contributed by atoms with van der Waals surface area (Å²) < 4.78 is 0. The van der Waals surface area contributed by atoms with Crippen molar-refractivity contribution in [2.24, 2.45) is 0 Å². The largest absolute Gasteiger partial charge is 0.478 e. The fraction of sp³-hybridized carbons (Fsp3) is 0.333. The van der Waals surface area contributed by atoms with E-state index in [1.54, 1.807) is 5.38 Å². The molecule has 1 heterocycles. The zero-order valence-corrected chi connectivity index (χ0v) is 11.3. The Morgan fingerprint density at radius 1 is 1.30 bits per heavy atom. The third-order valence-electron chi connectivity index (χ3n) is 2.39. The van der Waals surface area contributed by atoms with Gasteiger partial charge in [0.15, 0.2) is 0 Å². The van der Waals surface area contributed by atoms with Crippen LogP contribution in [0, 0.1) is 22.7 Å². The molecule has 0 aromatic carbocycles. The smallest absolute Gasteiger partial charge is 0.338 e. The van der Waals surface area contributed by atoms with Gasteiger partial charge in [-0.2, -0.15) is 10.5 Å². The average molecular weight is 292 g/mol. The van der Waals surface area contributed by atoms with Crippen LogP contribution in [0.2, 0.25) is 0 Å². The number of nitriles is 2. The quantitative estimate of drug-likeness (QED) is 0.832. The van der Waals surface area contributed by atoms with Crippen molar-refractivity contribution in [3.8, 4) is 12.1 Å². The van der Waals surface area contributed by atoms with Crippen molar-refractivity contribution < 1.29 is 14.7 Å². The number of carbonyl (C=O) groups excluding carboxylic acids is 1. The lowest BCUT2D eigenvalue weighted by atomic mass is 10.3. The summed E-state index contributed by atoms with van der Waals surface area (Å²) in [5.41, 5.74) is 0.0175. The van der Waals surface area contributed by atoms with E-state index >= 15 is 0 Å². The van der Waals surface area contributed by atoms with Crippen LogP contribution in [-0.4, -0.2) is 35.1 Å². The molecule has 0 fully saturated rings. The lowest BCUT2D eigenvalue weighted by Gasteiger charge is -2.20. The molecule has 1 rings (SSSR count). The van der Waals surface area contributed by atoms with Gasteiger partial charge in [-0.25, -0.2) is 9.59 Å². The van der Waals surface area contributed by atoms with Gasteiger partial charge < -0.3 is 10.0 Å². The maximum absolute atomic E-state index is 12.0. The number of urea groups is 1. The van der Waals surface area contributed by atoms with Crippen molar-refractivity contribution in [1.29, 1.82) is 10.5 Å². The summed E-state index contributed by atoms with van der Waals surface area (Å²) >= 11 is 1.10. The van der Waals surface area contributed by atoms with Crippen LogP contribution in [0.5, 0.6) is 0 Å². The molecule has 0 aliphatic carbocycles. The minimum Gasteiger partial charge on any atom is -0.478 e. The number of thiophene rings is 1. The van der Waals surface area contributed by atoms with Crippen molar-refractivity contribution in [2.75, 3.05) is 18.4 Å². The van der Waals surface area contributed by atoms with E-state index in [4.69, 9.17) is 15.6 Å². The molecule has 20 heavy (non-hydrogen) atoms. The molecule has 0 radical (unpaired) electrons. The molecule has 0 unspecified atom stereocenters. The van der Waals surface area contributed by atoms with Crippen molar-refractivity contribution in [3.05, 3.63) is 17.0 Å². The lowest BCUT2D eigenvalue weighted by molar-refractivity contribution is 0.0698. The first-order valence-electron chi connectivity index (χ1n) is 5.70. The summed E-state index contributed by atoms with van der Waals surface area (Å²) in [4.78, 5) is 24.3. The normalized spacial score (nSPS) is 9.30. The SMILES string of the molecule is N#CCCN(CCC#N)C(=O)Nc1sccc1C(=O)O. The number of amides is 2. The van der Waals surface area contributed by atoms with Gasteiger partial charge >= 0.3 is 12.0 Å². The van der Waals surface area contributed by atoms with Crippen LogP contribution < -0.4 is 5.32 Å². The molecule has 0 saturated heterocycles. The van der Waals surface area contributed by atoms with Crippen LogP contribution in [0.25, 0.3) is 0 Å². The molecule has 0 bridgehead atoms. The Hall–Kier alpha value is -2.58. The number of nitrogens with one attached hydrogen (secondary N) is 1. The number of anilines is 1. The molecule has 8 heteroatoms. The fourth-order valence-electron chi connectivity index (χ4n) is 1.44. The van der Waals surface area contributed by atoms with Crippen molar-refractivity contribution in [3.63, 3.8) is 0 Å². The Kier molecular flexibility index (Phi) is 6.01. The van der Waals surface area contributed by atoms with Crippen LogP contribution in [0.15, 0.2) is 11.4 Å². The van der Waals surface area contributed by atoms with Crippen LogP contribution in [0.3, 0.4) is 0 Å². The van der Waals surface area contributed by atoms with Gasteiger partial charge in [-0.1, -0.05) is 0 Å². The number of aromatic carboxylic acids is 1. The maximum Gasteiger partial charge on any atom is 0.338 e. The highest BCUT2D eigenvalue weighted by atomic mass is 32.1. The van der Waals surface area contributed by atoms with Crippen LogP contribution in [0.1, 0.15) is 23.2 Å². The maximum atomic E-state index is 12.0. The molecule has 7 nitrogen and oxygen atoms in total. The lowest BCUT2D eigenvalue weighted by Crippen LogP contribution is -2.36. The van der Waals surface area contributed by atoms with E-state index in [1.807, 2.05) is 12.1 Å². The summed E-state index contributed by atoms with van der Waals surface area (Å²) in [6, 6.07) is 4.73. The molecular weight excluding hydrogens is 280 g/mol. The number of carbonyl (C=O) groups is 2. The molecule has 1 aromatic heterocycles. The minimum atomic E-state index is -1.12. The Bertz CT molecular complexity index is 552.